The molecule has 1 aromatic rings. The number of hydrogen-bond acceptors (Lipinski definition) is 4. The van der Waals surface area contributed by atoms with Gasteiger partial charge in [0.2, 0.25) is 0 Å². The van der Waals surface area contributed by atoms with Crippen LogP contribution in [-0.4, -0.2) is 67.2 Å². The van der Waals surface area contributed by atoms with Crippen molar-refractivity contribution in [1.82, 2.24) is 15.1 Å². The number of piperidine rings is 1. The number of carbonyl (C=O) groups is 1. The van der Waals surface area contributed by atoms with Gasteiger partial charge in [0.25, 0.3) is 5.91 Å². The predicted molar refractivity (Wildman–Crippen MR) is 99.4 cm³/mol. The molecule has 1 unspecified atom stereocenters. The largest absolute Gasteiger partial charge is 0.368 e. The van der Waals surface area contributed by atoms with Gasteiger partial charge in [-0.2, -0.15) is 0 Å². The zero-order chi connectivity index (χ0) is 17.7. The maximum atomic E-state index is 13.2. The Kier molecular flexibility index (Phi) is 6.10. The van der Waals surface area contributed by atoms with Crippen molar-refractivity contribution in [2.75, 3.05) is 39.8 Å². The average molecular weight is 345 g/mol. The van der Waals surface area contributed by atoms with Crippen molar-refractivity contribution >= 4 is 5.91 Å². The van der Waals surface area contributed by atoms with Gasteiger partial charge in [0.05, 0.1) is 0 Å². The summed E-state index contributed by atoms with van der Waals surface area (Å²) < 4.78 is 5.74. The van der Waals surface area contributed by atoms with E-state index in [9.17, 15) is 4.79 Å². The fourth-order valence-corrected chi connectivity index (χ4v) is 3.99. The van der Waals surface area contributed by atoms with Crippen LogP contribution in [-0.2, 0) is 16.1 Å². The highest BCUT2D eigenvalue weighted by molar-refractivity contribution is 5.85. The number of ether oxygens (including phenoxy) is 1. The summed E-state index contributed by atoms with van der Waals surface area (Å²) in [6, 6.07) is 11.1. The molecular formula is C20H31N3O2. The lowest BCUT2D eigenvalue weighted by Gasteiger charge is -2.38. The molecule has 1 aromatic carbocycles. The second kappa shape index (κ2) is 8.30. The molecular weight excluding hydrogens is 314 g/mol. The zero-order valence-corrected chi connectivity index (χ0v) is 15.5. The molecule has 1 amide bonds. The highest BCUT2D eigenvalue weighted by Gasteiger charge is 2.42. The molecule has 5 nitrogen and oxygen atoms in total. The number of amides is 1. The van der Waals surface area contributed by atoms with Crippen LogP contribution in [0.25, 0.3) is 0 Å². The second-order valence-electron chi connectivity index (χ2n) is 7.33. The van der Waals surface area contributed by atoms with E-state index in [0.717, 1.165) is 58.5 Å². The topological polar surface area (TPSA) is 44.8 Å². The minimum Gasteiger partial charge on any atom is -0.368 e. The van der Waals surface area contributed by atoms with Gasteiger partial charge in [-0.25, -0.2) is 0 Å². The van der Waals surface area contributed by atoms with Crippen molar-refractivity contribution in [2.24, 2.45) is 0 Å². The molecule has 1 N–H and O–H groups in total. The van der Waals surface area contributed by atoms with E-state index in [1.54, 1.807) is 7.11 Å². The summed E-state index contributed by atoms with van der Waals surface area (Å²) in [4.78, 5) is 17.7. The molecule has 1 atom stereocenters. The summed E-state index contributed by atoms with van der Waals surface area (Å²) in [5.41, 5.74) is 0.712. The SMILES string of the molecule is COC1(C(=O)N2CCC(C)N(Cc3ccccc3)CC2)CCNCC1. The molecule has 0 bridgehead atoms. The minimum atomic E-state index is -0.622. The van der Waals surface area contributed by atoms with E-state index in [1.807, 2.05) is 4.90 Å². The first kappa shape index (κ1) is 18.4. The molecule has 5 heteroatoms. The van der Waals surface area contributed by atoms with E-state index in [0.29, 0.717) is 6.04 Å². The van der Waals surface area contributed by atoms with Crippen molar-refractivity contribution in [2.45, 2.75) is 44.4 Å². The van der Waals surface area contributed by atoms with Crippen molar-refractivity contribution in [3.63, 3.8) is 0 Å². The van der Waals surface area contributed by atoms with Crippen molar-refractivity contribution < 1.29 is 9.53 Å². The molecule has 3 rings (SSSR count). The smallest absolute Gasteiger partial charge is 0.254 e. The molecule has 2 aliphatic rings. The van der Waals surface area contributed by atoms with Gasteiger partial charge in [0.1, 0.15) is 5.60 Å². The van der Waals surface area contributed by atoms with Gasteiger partial charge in [0, 0.05) is 39.3 Å². The van der Waals surface area contributed by atoms with E-state index >= 15 is 0 Å². The number of benzene rings is 1. The van der Waals surface area contributed by atoms with E-state index in [4.69, 9.17) is 4.74 Å². The fourth-order valence-electron chi connectivity index (χ4n) is 3.99. The van der Waals surface area contributed by atoms with Crippen molar-refractivity contribution in [3.8, 4) is 0 Å². The lowest BCUT2D eigenvalue weighted by molar-refractivity contribution is -0.158. The summed E-state index contributed by atoms with van der Waals surface area (Å²) in [6.45, 7) is 7.45. The van der Waals surface area contributed by atoms with Crippen LogP contribution in [0.4, 0.5) is 0 Å². The first-order valence-corrected chi connectivity index (χ1v) is 9.48. The Morgan fingerprint density at radius 3 is 2.60 bits per heavy atom. The summed E-state index contributed by atoms with van der Waals surface area (Å²) in [6.07, 6.45) is 2.54. The third-order valence-electron chi connectivity index (χ3n) is 5.80. The number of nitrogens with one attached hydrogen (secondary N) is 1. The standard InChI is InChI=1S/C20H31N3O2/c1-17-8-13-22(19(24)20(25-2)9-11-21-12-10-20)14-15-23(17)16-18-6-4-3-5-7-18/h3-7,17,21H,8-16H2,1-2H3. The van der Waals surface area contributed by atoms with Crippen LogP contribution in [0.1, 0.15) is 31.7 Å². The average Bonchev–Trinajstić information content (AvgIpc) is 2.85. The molecule has 2 heterocycles. The summed E-state index contributed by atoms with van der Waals surface area (Å²) in [5.74, 6) is 0.185. The molecule has 0 aliphatic carbocycles. The molecule has 138 valence electrons. The Balaban J connectivity index is 1.64. The van der Waals surface area contributed by atoms with E-state index in [-0.39, 0.29) is 5.91 Å². The van der Waals surface area contributed by atoms with E-state index in [1.165, 1.54) is 5.56 Å². The molecule has 0 radical (unpaired) electrons. The number of rotatable bonds is 4. The lowest BCUT2D eigenvalue weighted by atomic mass is 9.90. The highest BCUT2D eigenvalue weighted by atomic mass is 16.5. The van der Waals surface area contributed by atoms with Crippen LogP contribution in [0.3, 0.4) is 0 Å². The Hall–Kier alpha value is -1.43. The molecule has 2 saturated heterocycles. The summed E-state index contributed by atoms with van der Waals surface area (Å²) in [5, 5.41) is 3.33. The lowest BCUT2D eigenvalue weighted by Crippen LogP contribution is -2.55. The van der Waals surface area contributed by atoms with Gasteiger partial charge < -0.3 is 15.0 Å². The Morgan fingerprint density at radius 1 is 1.20 bits per heavy atom. The Labute approximate surface area is 151 Å². The quantitative estimate of drug-likeness (QED) is 0.905. The van der Waals surface area contributed by atoms with Crippen LogP contribution in [0.15, 0.2) is 30.3 Å². The van der Waals surface area contributed by atoms with Gasteiger partial charge in [-0.15, -0.1) is 0 Å². The Morgan fingerprint density at radius 2 is 1.92 bits per heavy atom. The number of carbonyl (C=O) groups excluding carboxylic acids is 1. The van der Waals surface area contributed by atoms with Crippen molar-refractivity contribution in [3.05, 3.63) is 35.9 Å². The van der Waals surface area contributed by atoms with Crippen molar-refractivity contribution in [1.29, 1.82) is 0 Å². The van der Waals surface area contributed by atoms with Crippen LogP contribution in [0, 0.1) is 0 Å². The molecule has 2 fully saturated rings. The maximum Gasteiger partial charge on any atom is 0.254 e. The molecule has 0 saturated carbocycles. The van der Waals surface area contributed by atoms with Gasteiger partial charge in [-0.1, -0.05) is 30.3 Å². The first-order chi connectivity index (χ1) is 12.1. The van der Waals surface area contributed by atoms with Crippen LogP contribution < -0.4 is 5.32 Å². The molecule has 2 aliphatic heterocycles. The number of methoxy groups -OCH3 is 1. The van der Waals surface area contributed by atoms with Crippen LogP contribution >= 0.6 is 0 Å². The normalized spacial score (nSPS) is 24.7. The zero-order valence-electron chi connectivity index (χ0n) is 15.5. The van der Waals surface area contributed by atoms with E-state index in [2.05, 4.69) is 47.5 Å². The Bertz CT molecular complexity index is 557. The van der Waals surface area contributed by atoms with E-state index < -0.39 is 5.60 Å². The van der Waals surface area contributed by atoms with Gasteiger partial charge in [0.15, 0.2) is 0 Å². The van der Waals surface area contributed by atoms with Gasteiger partial charge >= 0.3 is 0 Å². The first-order valence-electron chi connectivity index (χ1n) is 9.48. The van der Waals surface area contributed by atoms with Gasteiger partial charge in [-0.3, -0.25) is 9.69 Å². The second-order valence-corrected chi connectivity index (χ2v) is 7.33. The monoisotopic (exact) mass is 345 g/mol. The third-order valence-corrected chi connectivity index (χ3v) is 5.80. The molecule has 0 spiro atoms. The minimum absolute atomic E-state index is 0.185. The predicted octanol–water partition coefficient (Wildman–Crippen LogP) is 1.88. The number of hydrogen-bond donors (Lipinski definition) is 1. The molecule has 0 aromatic heterocycles. The highest BCUT2D eigenvalue weighted by Crippen LogP contribution is 2.26. The van der Waals surface area contributed by atoms with Gasteiger partial charge in [-0.05, 0) is 44.8 Å². The third kappa shape index (κ3) is 4.22. The van der Waals surface area contributed by atoms with Crippen LogP contribution in [0.2, 0.25) is 0 Å². The fraction of sp³-hybridized carbons (Fsp3) is 0.650. The molecule has 25 heavy (non-hydrogen) atoms. The maximum absolute atomic E-state index is 13.2. The summed E-state index contributed by atoms with van der Waals surface area (Å²) >= 11 is 0. The summed E-state index contributed by atoms with van der Waals surface area (Å²) in [7, 11) is 1.69. The number of nitrogens with zero attached hydrogens (tertiary/aromatic N) is 2. The van der Waals surface area contributed by atoms with Crippen LogP contribution in [0.5, 0.6) is 0 Å².